The monoisotopic (exact) mass is 433 g/mol. The first-order chi connectivity index (χ1) is 12.9. The van der Waals surface area contributed by atoms with Crippen molar-refractivity contribution in [2.24, 2.45) is 0 Å². The molecule has 8 heteroatoms. The molecule has 1 amide bonds. The van der Waals surface area contributed by atoms with E-state index in [0.717, 1.165) is 15.7 Å². The summed E-state index contributed by atoms with van der Waals surface area (Å²) in [5.41, 5.74) is 2.11. The number of carbonyl (C=O) groups is 1. The van der Waals surface area contributed by atoms with Crippen LogP contribution in [0.4, 0.5) is 11.4 Å². The topological polar surface area (TPSA) is 75.9 Å². The largest absolute Gasteiger partial charge is 0.483 e. The number of hydrogen-bond donors (Lipinski definition) is 0. The Balaban J connectivity index is 1.51. The fraction of sp³-hybridized carbons (Fsp3) is 0.316. The van der Waals surface area contributed by atoms with Gasteiger partial charge < -0.3 is 14.5 Å². The number of nitrogens with zero attached hydrogens (tertiary/aromatic N) is 3. The van der Waals surface area contributed by atoms with E-state index in [-0.39, 0.29) is 18.2 Å². The van der Waals surface area contributed by atoms with E-state index in [2.05, 4.69) is 20.8 Å². The summed E-state index contributed by atoms with van der Waals surface area (Å²) >= 11 is 3.44. The van der Waals surface area contributed by atoms with Crippen LogP contribution in [-0.2, 0) is 4.79 Å². The number of halogens is 1. The summed E-state index contributed by atoms with van der Waals surface area (Å²) in [6, 6.07) is 12.2. The molecule has 1 saturated heterocycles. The van der Waals surface area contributed by atoms with Crippen LogP contribution in [0.1, 0.15) is 5.56 Å². The molecule has 0 aromatic heterocycles. The van der Waals surface area contributed by atoms with E-state index >= 15 is 0 Å². The van der Waals surface area contributed by atoms with Gasteiger partial charge in [0.2, 0.25) is 0 Å². The SMILES string of the molecule is Cc1ccc(OCC(=O)N2CCN(c3ccc([N+](=O)[O-])cc3)CC2)c(Br)c1. The second kappa shape index (κ2) is 8.39. The van der Waals surface area contributed by atoms with E-state index in [0.29, 0.717) is 31.9 Å². The Hall–Kier alpha value is -2.61. The summed E-state index contributed by atoms with van der Waals surface area (Å²) in [7, 11) is 0. The second-order valence-electron chi connectivity index (χ2n) is 6.36. The summed E-state index contributed by atoms with van der Waals surface area (Å²) in [6.07, 6.45) is 0. The zero-order chi connectivity index (χ0) is 19.4. The molecule has 0 spiro atoms. The summed E-state index contributed by atoms with van der Waals surface area (Å²) in [5, 5.41) is 10.7. The van der Waals surface area contributed by atoms with Gasteiger partial charge in [-0.05, 0) is 52.7 Å². The zero-order valence-electron chi connectivity index (χ0n) is 14.9. The van der Waals surface area contributed by atoms with Crippen LogP contribution < -0.4 is 9.64 Å². The average Bonchev–Trinajstić information content (AvgIpc) is 2.67. The number of benzene rings is 2. The van der Waals surface area contributed by atoms with E-state index in [1.54, 1.807) is 17.0 Å². The normalized spacial score (nSPS) is 14.1. The fourth-order valence-electron chi connectivity index (χ4n) is 2.95. The Labute approximate surface area is 165 Å². The molecule has 0 unspecified atom stereocenters. The number of carbonyl (C=O) groups excluding carboxylic acids is 1. The second-order valence-corrected chi connectivity index (χ2v) is 7.22. The molecule has 7 nitrogen and oxygen atoms in total. The van der Waals surface area contributed by atoms with Crippen LogP contribution in [-0.4, -0.2) is 48.5 Å². The van der Waals surface area contributed by atoms with Crippen molar-refractivity contribution < 1.29 is 14.5 Å². The molecule has 2 aromatic rings. The zero-order valence-corrected chi connectivity index (χ0v) is 16.5. The maximum atomic E-state index is 12.4. The van der Waals surface area contributed by atoms with E-state index in [1.807, 2.05) is 25.1 Å². The van der Waals surface area contributed by atoms with Crippen molar-refractivity contribution in [1.29, 1.82) is 0 Å². The Morgan fingerprint density at radius 2 is 1.81 bits per heavy atom. The lowest BCUT2D eigenvalue weighted by atomic mass is 10.2. The van der Waals surface area contributed by atoms with Crippen LogP contribution in [0, 0.1) is 17.0 Å². The van der Waals surface area contributed by atoms with Gasteiger partial charge in [-0.15, -0.1) is 0 Å². The van der Waals surface area contributed by atoms with Crippen molar-refractivity contribution >= 4 is 33.2 Å². The Morgan fingerprint density at radius 3 is 2.41 bits per heavy atom. The number of rotatable bonds is 5. The standard InChI is InChI=1S/C19H20BrN3O4/c1-14-2-7-18(17(20)12-14)27-13-19(24)22-10-8-21(9-11-22)15-3-5-16(6-4-15)23(25)26/h2-7,12H,8-11,13H2,1H3. The first-order valence-electron chi connectivity index (χ1n) is 8.60. The smallest absolute Gasteiger partial charge is 0.269 e. The number of aryl methyl sites for hydroxylation is 1. The van der Waals surface area contributed by atoms with Gasteiger partial charge in [0.15, 0.2) is 6.61 Å². The molecule has 27 heavy (non-hydrogen) atoms. The number of anilines is 1. The van der Waals surface area contributed by atoms with Crippen molar-refractivity contribution in [1.82, 2.24) is 4.90 Å². The lowest BCUT2D eigenvalue weighted by Crippen LogP contribution is -2.50. The van der Waals surface area contributed by atoms with Gasteiger partial charge in [0, 0.05) is 44.0 Å². The lowest BCUT2D eigenvalue weighted by molar-refractivity contribution is -0.384. The maximum Gasteiger partial charge on any atom is 0.269 e. The van der Waals surface area contributed by atoms with Gasteiger partial charge in [-0.25, -0.2) is 0 Å². The summed E-state index contributed by atoms with van der Waals surface area (Å²) in [5.74, 6) is 0.601. The molecule has 0 bridgehead atoms. The highest BCUT2D eigenvalue weighted by molar-refractivity contribution is 9.10. The minimum atomic E-state index is -0.410. The number of non-ortho nitro benzene ring substituents is 1. The summed E-state index contributed by atoms with van der Waals surface area (Å²) < 4.78 is 6.47. The molecular formula is C19H20BrN3O4. The number of nitro groups is 1. The van der Waals surface area contributed by atoms with Gasteiger partial charge >= 0.3 is 0 Å². The summed E-state index contributed by atoms with van der Waals surface area (Å²) in [4.78, 5) is 26.6. The van der Waals surface area contributed by atoms with Crippen LogP contribution in [0.25, 0.3) is 0 Å². The maximum absolute atomic E-state index is 12.4. The highest BCUT2D eigenvalue weighted by Gasteiger charge is 2.22. The van der Waals surface area contributed by atoms with E-state index < -0.39 is 4.92 Å². The molecule has 1 aliphatic heterocycles. The van der Waals surface area contributed by atoms with Gasteiger partial charge in [0.25, 0.3) is 11.6 Å². The molecule has 142 valence electrons. The van der Waals surface area contributed by atoms with E-state index in [4.69, 9.17) is 4.74 Å². The van der Waals surface area contributed by atoms with Crippen molar-refractivity contribution in [3.8, 4) is 5.75 Å². The van der Waals surface area contributed by atoms with Crippen LogP contribution in [0.3, 0.4) is 0 Å². The van der Waals surface area contributed by atoms with Crippen LogP contribution >= 0.6 is 15.9 Å². The first-order valence-corrected chi connectivity index (χ1v) is 9.39. The third-order valence-corrected chi connectivity index (χ3v) is 5.12. The van der Waals surface area contributed by atoms with Crippen molar-refractivity contribution in [3.63, 3.8) is 0 Å². The van der Waals surface area contributed by atoms with Crippen molar-refractivity contribution in [3.05, 3.63) is 62.6 Å². The molecule has 3 rings (SSSR count). The number of nitro benzene ring substituents is 1. The van der Waals surface area contributed by atoms with Gasteiger partial charge in [0.1, 0.15) is 5.75 Å². The highest BCUT2D eigenvalue weighted by Crippen LogP contribution is 2.26. The minimum Gasteiger partial charge on any atom is -0.483 e. The molecule has 1 aliphatic rings. The van der Waals surface area contributed by atoms with Crippen LogP contribution in [0.5, 0.6) is 5.75 Å². The molecule has 0 aliphatic carbocycles. The molecule has 0 saturated carbocycles. The Kier molecular flexibility index (Phi) is 5.95. The van der Waals surface area contributed by atoms with Gasteiger partial charge in [-0.3, -0.25) is 14.9 Å². The van der Waals surface area contributed by atoms with Gasteiger partial charge in [-0.2, -0.15) is 0 Å². The number of ether oxygens (including phenoxy) is 1. The first kappa shape index (κ1) is 19.2. The highest BCUT2D eigenvalue weighted by atomic mass is 79.9. The quantitative estimate of drug-likeness (QED) is 0.533. The third-order valence-electron chi connectivity index (χ3n) is 4.50. The molecule has 1 heterocycles. The van der Waals surface area contributed by atoms with Crippen LogP contribution in [0.15, 0.2) is 46.9 Å². The third kappa shape index (κ3) is 4.77. The predicted molar refractivity (Wildman–Crippen MR) is 106 cm³/mol. The fourth-order valence-corrected chi connectivity index (χ4v) is 3.56. The molecule has 0 N–H and O–H groups in total. The van der Waals surface area contributed by atoms with Crippen molar-refractivity contribution in [2.45, 2.75) is 6.92 Å². The molecule has 0 radical (unpaired) electrons. The summed E-state index contributed by atoms with van der Waals surface area (Å²) in [6.45, 7) is 4.53. The molecule has 0 atom stereocenters. The average molecular weight is 434 g/mol. The van der Waals surface area contributed by atoms with E-state index in [1.165, 1.54) is 12.1 Å². The van der Waals surface area contributed by atoms with Crippen LogP contribution in [0.2, 0.25) is 0 Å². The van der Waals surface area contributed by atoms with E-state index in [9.17, 15) is 14.9 Å². The Morgan fingerprint density at radius 1 is 1.15 bits per heavy atom. The lowest BCUT2D eigenvalue weighted by Gasteiger charge is -2.36. The number of amides is 1. The number of hydrogen-bond acceptors (Lipinski definition) is 5. The number of piperazine rings is 1. The molecule has 1 fully saturated rings. The Bertz CT molecular complexity index is 833. The predicted octanol–water partition coefficient (Wildman–Crippen LogP) is 3.39. The molecular weight excluding hydrogens is 414 g/mol. The van der Waals surface area contributed by atoms with Crippen molar-refractivity contribution in [2.75, 3.05) is 37.7 Å². The van der Waals surface area contributed by atoms with Gasteiger partial charge in [-0.1, -0.05) is 6.07 Å². The molecule has 2 aromatic carbocycles. The van der Waals surface area contributed by atoms with Gasteiger partial charge in [0.05, 0.1) is 9.40 Å². The minimum absolute atomic E-state index is 0.000801.